The fourth-order valence-electron chi connectivity index (χ4n) is 1.50. The molecular formula is C11H25NO2. The van der Waals surface area contributed by atoms with Gasteiger partial charge in [0.15, 0.2) is 0 Å². The Morgan fingerprint density at radius 1 is 1.00 bits per heavy atom. The highest BCUT2D eigenvalue weighted by Crippen LogP contribution is 2.08. The van der Waals surface area contributed by atoms with Gasteiger partial charge in [-0.3, -0.25) is 5.32 Å². The van der Waals surface area contributed by atoms with Gasteiger partial charge in [0, 0.05) is 0 Å². The third-order valence-corrected chi connectivity index (χ3v) is 2.41. The Bertz CT molecular complexity index is 109. The molecule has 3 heteroatoms. The van der Waals surface area contributed by atoms with Gasteiger partial charge in [-0.25, -0.2) is 0 Å². The van der Waals surface area contributed by atoms with Crippen LogP contribution in [0.5, 0.6) is 0 Å². The predicted molar refractivity (Wildman–Crippen MR) is 58.8 cm³/mol. The highest BCUT2D eigenvalue weighted by molar-refractivity contribution is 4.51. The summed E-state index contributed by atoms with van der Waals surface area (Å²) in [5.74, 6) is 0. The lowest BCUT2D eigenvalue weighted by Crippen LogP contribution is -2.29. The maximum atomic E-state index is 9.22. The van der Waals surface area contributed by atoms with Crippen LogP contribution in [0.25, 0.3) is 0 Å². The van der Waals surface area contributed by atoms with Gasteiger partial charge in [-0.1, -0.05) is 45.4 Å². The molecule has 0 aliphatic rings. The quantitative estimate of drug-likeness (QED) is 0.376. The lowest BCUT2D eigenvalue weighted by Gasteiger charge is -2.09. The highest BCUT2D eigenvalue weighted by Gasteiger charge is 2.00. The van der Waals surface area contributed by atoms with Gasteiger partial charge in [0.05, 0.1) is 6.73 Å². The summed E-state index contributed by atoms with van der Waals surface area (Å²) in [6.07, 6.45) is 9.00. The first-order valence-electron chi connectivity index (χ1n) is 5.83. The Morgan fingerprint density at radius 3 is 2.14 bits per heavy atom. The fourth-order valence-corrected chi connectivity index (χ4v) is 1.50. The second kappa shape index (κ2) is 11.0. The van der Waals surface area contributed by atoms with E-state index in [1.54, 1.807) is 0 Å². The van der Waals surface area contributed by atoms with E-state index >= 15 is 0 Å². The van der Waals surface area contributed by atoms with Crippen molar-refractivity contribution in [1.29, 1.82) is 0 Å². The van der Waals surface area contributed by atoms with Crippen LogP contribution in [-0.4, -0.2) is 23.2 Å². The van der Waals surface area contributed by atoms with Crippen LogP contribution in [0.15, 0.2) is 0 Å². The van der Waals surface area contributed by atoms with Crippen molar-refractivity contribution >= 4 is 0 Å². The number of rotatable bonds is 10. The van der Waals surface area contributed by atoms with Crippen LogP contribution in [0.2, 0.25) is 0 Å². The van der Waals surface area contributed by atoms with E-state index in [1.807, 2.05) is 0 Å². The maximum Gasteiger partial charge on any atom is 0.106 e. The van der Waals surface area contributed by atoms with Crippen molar-refractivity contribution in [2.75, 3.05) is 6.73 Å². The molecule has 1 atom stereocenters. The summed E-state index contributed by atoms with van der Waals surface area (Å²) in [7, 11) is 0. The van der Waals surface area contributed by atoms with Crippen LogP contribution in [0, 0.1) is 0 Å². The maximum absolute atomic E-state index is 9.22. The normalized spacial score (nSPS) is 13.1. The van der Waals surface area contributed by atoms with E-state index in [2.05, 4.69) is 12.2 Å². The van der Waals surface area contributed by atoms with Crippen LogP contribution >= 0.6 is 0 Å². The van der Waals surface area contributed by atoms with E-state index in [4.69, 9.17) is 5.11 Å². The van der Waals surface area contributed by atoms with Crippen molar-refractivity contribution in [3.05, 3.63) is 0 Å². The predicted octanol–water partition coefficient (Wildman–Crippen LogP) is 1.98. The standard InChI is InChI=1S/C11H25NO2/c1-2-3-4-5-6-7-8-9-11(14)12-10-13/h11-14H,2-10H2,1H3. The lowest BCUT2D eigenvalue weighted by atomic mass is 10.1. The highest BCUT2D eigenvalue weighted by atomic mass is 16.3. The van der Waals surface area contributed by atoms with E-state index in [1.165, 1.54) is 38.5 Å². The summed E-state index contributed by atoms with van der Waals surface area (Å²) in [5.41, 5.74) is 0. The molecule has 0 spiro atoms. The van der Waals surface area contributed by atoms with Crippen LogP contribution < -0.4 is 5.32 Å². The lowest BCUT2D eigenvalue weighted by molar-refractivity contribution is 0.0882. The van der Waals surface area contributed by atoms with Crippen molar-refractivity contribution in [2.45, 2.75) is 64.5 Å². The smallest absolute Gasteiger partial charge is 0.106 e. The van der Waals surface area contributed by atoms with E-state index < -0.39 is 6.23 Å². The van der Waals surface area contributed by atoms with Crippen molar-refractivity contribution in [3.63, 3.8) is 0 Å². The van der Waals surface area contributed by atoms with Gasteiger partial charge in [-0.15, -0.1) is 0 Å². The molecule has 14 heavy (non-hydrogen) atoms. The van der Waals surface area contributed by atoms with Gasteiger partial charge in [-0.05, 0) is 12.8 Å². The number of aliphatic hydroxyl groups excluding tert-OH is 2. The number of aliphatic hydroxyl groups is 2. The third-order valence-electron chi connectivity index (χ3n) is 2.41. The summed E-state index contributed by atoms with van der Waals surface area (Å²) in [6, 6.07) is 0. The van der Waals surface area contributed by atoms with Gasteiger partial charge in [-0.2, -0.15) is 0 Å². The molecule has 0 saturated carbocycles. The van der Waals surface area contributed by atoms with Crippen molar-refractivity contribution in [3.8, 4) is 0 Å². The zero-order valence-electron chi connectivity index (χ0n) is 9.34. The summed E-state index contributed by atoms with van der Waals surface area (Å²) in [6.45, 7) is 2.08. The monoisotopic (exact) mass is 203 g/mol. The Labute approximate surface area is 87.5 Å². The molecule has 0 rings (SSSR count). The van der Waals surface area contributed by atoms with E-state index in [0.29, 0.717) is 0 Å². The summed E-state index contributed by atoms with van der Waals surface area (Å²) in [4.78, 5) is 0. The SMILES string of the molecule is CCCCCCCCCC(O)NCO. The van der Waals surface area contributed by atoms with Crippen LogP contribution in [-0.2, 0) is 0 Å². The van der Waals surface area contributed by atoms with Gasteiger partial charge < -0.3 is 10.2 Å². The summed E-state index contributed by atoms with van der Waals surface area (Å²) < 4.78 is 0. The van der Waals surface area contributed by atoms with Gasteiger partial charge in [0.1, 0.15) is 6.23 Å². The molecule has 0 aliphatic carbocycles. The van der Waals surface area contributed by atoms with E-state index in [9.17, 15) is 5.11 Å². The molecule has 0 fully saturated rings. The minimum atomic E-state index is -0.532. The molecular weight excluding hydrogens is 178 g/mol. The average molecular weight is 203 g/mol. The molecule has 3 nitrogen and oxygen atoms in total. The first kappa shape index (κ1) is 13.9. The molecule has 1 unspecified atom stereocenters. The molecule has 0 radical (unpaired) electrons. The molecule has 0 saturated heterocycles. The van der Waals surface area contributed by atoms with Crippen LogP contribution in [0.1, 0.15) is 58.3 Å². The van der Waals surface area contributed by atoms with Gasteiger partial charge >= 0.3 is 0 Å². The Morgan fingerprint density at radius 2 is 1.57 bits per heavy atom. The van der Waals surface area contributed by atoms with Gasteiger partial charge in [0.2, 0.25) is 0 Å². The molecule has 3 N–H and O–H groups in total. The van der Waals surface area contributed by atoms with Crippen molar-refractivity contribution in [1.82, 2.24) is 5.32 Å². The summed E-state index contributed by atoms with van der Waals surface area (Å²) >= 11 is 0. The minimum absolute atomic E-state index is 0.141. The number of hydrogen-bond donors (Lipinski definition) is 3. The second-order valence-corrected chi connectivity index (χ2v) is 3.79. The van der Waals surface area contributed by atoms with E-state index in [0.717, 1.165) is 12.8 Å². The molecule has 0 heterocycles. The molecule has 0 bridgehead atoms. The zero-order chi connectivity index (χ0) is 10.6. The first-order valence-corrected chi connectivity index (χ1v) is 5.83. The number of nitrogens with one attached hydrogen (secondary N) is 1. The Balaban J connectivity index is 2.98. The van der Waals surface area contributed by atoms with E-state index in [-0.39, 0.29) is 6.73 Å². The first-order chi connectivity index (χ1) is 6.81. The number of unbranched alkanes of at least 4 members (excludes halogenated alkanes) is 6. The molecule has 0 aliphatic heterocycles. The number of hydrogen-bond acceptors (Lipinski definition) is 3. The molecule has 0 aromatic heterocycles. The van der Waals surface area contributed by atoms with Crippen molar-refractivity contribution < 1.29 is 10.2 Å². The molecule has 0 aromatic rings. The molecule has 0 aromatic carbocycles. The van der Waals surface area contributed by atoms with Crippen molar-refractivity contribution in [2.24, 2.45) is 0 Å². The second-order valence-electron chi connectivity index (χ2n) is 3.79. The topological polar surface area (TPSA) is 52.5 Å². The average Bonchev–Trinajstić information content (AvgIpc) is 2.17. The van der Waals surface area contributed by atoms with Crippen LogP contribution in [0.3, 0.4) is 0 Å². The summed E-state index contributed by atoms with van der Waals surface area (Å²) in [5, 5.41) is 20.3. The van der Waals surface area contributed by atoms with Gasteiger partial charge in [0.25, 0.3) is 0 Å². The van der Waals surface area contributed by atoms with Crippen LogP contribution in [0.4, 0.5) is 0 Å². The molecule has 86 valence electrons. The molecule has 0 amide bonds. The largest absolute Gasteiger partial charge is 0.381 e. The minimum Gasteiger partial charge on any atom is -0.381 e. The Kier molecular flexibility index (Phi) is 10.9. The zero-order valence-corrected chi connectivity index (χ0v) is 9.34. The Hall–Kier alpha value is -0.120. The fraction of sp³-hybridized carbons (Fsp3) is 1.00. The third kappa shape index (κ3) is 9.96.